The molecule has 0 unspecified atom stereocenters. The van der Waals surface area contributed by atoms with Gasteiger partial charge in [-0.1, -0.05) is 30.3 Å². The van der Waals surface area contributed by atoms with Gasteiger partial charge in [0, 0.05) is 19.0 Å². The molecule has 0 aliphatic carbocycles. The molecular formula is C22H25FN2O3. The molecule has 0 aromatic heterocycles. The van der Waals surface area contributed by atoms with Crippen LogP contribution < -0.4 is 10.1 Å². The van der Waals surface area contributed by atoms with Gasteiger partial charge in [0.25, 0.3) is 5.91 Å². The quantitative estimate of drug-likeness (QED) is 0.831. The molecule has 28 heavy (non-hydrogen) atoms. The van der Waals surface area contributed by atoms with Gasteiger partial charge in [-0.2, -0.15) is 0 Å². The Morgan fingerprint density at radius 2 is 1.75 bits per heavy atom. The third-order valence-corrected chi connectivity index (χ3v) is 5.05. The maximum Gasteiger partial charge on any atom is 0.260 e. The van der Waals surface area contributed by atoms with Crippen molar-refractivity contribution in [1.82, 2.24) is 10.2 Å². The third kappa shape index (κ3) is 5.31. The fourth-order valence-electron chi connectivity index (χ4n) is 3.31. The van der Waals surface area contributed by atoms with Crippen LogP contribution >= 0.6 is 0 Å². The van der Waals surface area contributed by atoms with Crippen LogP contribution in [-0.4, -0.2) is 36.4 Å². The van der Waals surface area contributed by atoms with Gasteiger partial charge in [-0.05, 0) is 49.6 Å². The number of nitrogens with one attached hydrogen (secondary N) is 1. The molecule has 1 aliphatic heterocycles. The molecule has 1 fully saturated rings. The topological polar surface area (TPSA) is 58.6 Å². The van der Waals surface area contributed by atoms with Gasteiger partial charge in [0.2, 0.25) is 5.91 Å². The summed E-state index contributed by atoms with van der Waals surface area (Å²) in [5.41, 5.74) is 0.862. The van der Waals surface area contributed by atoms with Gasteiger partial charge in [-0.3, -0.25) is 9.59 Å². The lowest BCUT2D eigenvalue weighted by molar-refractivity contribution is -0.137. The summed E-state index contributed by atoms with van der Waals surface area (Å²) in [6, 6.07) is 15.2. The SMILES string of the molecule is C[C@@H](NC(=O)C1CCN(C(=O)COc2ccccc2)CC1)c1ccc(F)cc1. The first kappa shape index (κ1) is 19.9. The van der Waals surface area contributed by atoms with Crippen LogP contribution in [0.2, 0.25) is 0 Å². The summed E-state index contributed by atoms with van der Waals surface area (Å²) in [4.78, 5) is 26.6. The van der Waals surface area contributed by atoms with Gasteiger partial charge < -0.3 is 15.0 Å². The molecule has 1 aliphatic rings. The predicted molar refractivity (Wildman–Crippen MR) is 104 cm³/mol. The van der Waals surface area contributed by atoms with Crippen molar-refractivity contribution in [3.05, 3.63) is 66.0 Å². The summed E-state index contributed by atoms with van der Waals surface area (Å²) in [5.74, 6) is 0.157. The molecule has 1 N–H and O–H groups in total. The molecule has 5 nitrogen and oxygen atoms in total. The molecule has 1 heterocycles. The Kier molecular flexibility index (Phi) is 6.63. The lowest BCUT2D eigenvalue weighted by Crippen LogP contribution is -2.44. The summed E-state index contributed by atoms with van der Waals surface area (Å²) in [5, 5.41) is 2.99. The van der Waals surface area contributed by atoms with Gasteiger partial charge >= 0.3 is 0 Å². The molecule has 3 rings (SSSR count). The normalized spacial score (nSPS) is 15.7. The van der Waals surface area contributed by atoms with Crippen molar-refractivity contribution in [1.29, 1.82) is 0 Å². The number of ether oxygens (including phenoxy) is 1. The number of carbonyl (C=O) groups is 2. The van der Waals surface area contributed by atoms with Crippen LogP contribution in [0.1, 0.15) is 31.4 Å². The zero-order valence-corrected chi connectivity index (χ0v) is 15.9. The van der Waals surface area contributed by atoms with Gasteiger partial charge in [0.15, 0.2) is 6.61 Å². The van der Waals surface area contributed by atoms with E-state index in [1.54, 1.807) is 17.0 Å². The second-order valence-corrected chi connectivity index (χ2v) is 7.04. The number of para-hydroxylation sites is 1. The summed E-state index contributed by atoms with van der Waals surface area (Å²) in [6.45, 7) is 2.97. The van der Waals surface area contributed by atoms with E-state index in [1.165, 1.54) is 12.1 Å². The van der Waals surface area contributed by atoms with Crippen LogP contribution in [0.25, 0.3) is 0 Å². The highest BCUT2D eigenvalue weighted by Crippen LogP contribution is 2.20. The van der Waals surface area contributed by atoms with Crippen molar-refractivity contribution >= 4 is 11.8 Å². The Bertz CT molecular complexity index is 787. The number of amides is 2. The maximum atomic E-state index is 13.0. The number of nitrogens with zero attached hydrogens (tertiary/aromatic N) is 1. The van der Waals surface area contributed by atoms with E-state index in [-0.39, 0.29) is 36.2 Å². The molecule has 0 radical (unpaired) electrons. The highest BCUT2D eigenvalue weighted by molar-refractivity contribution is 5.81. The molecule has 0 spiro atoms. The molecule has 2 amide bonds. The van der Waals surface area contributed by atoms with E-state index in [1.807, 2.05) is 37.3 Å². The predicted octanol–water partition coefficient (Wildman–Crippen LogP) is 3.32. The number of halogens is 1. The summed E-state index contributed by atoms with van der Waals surface area (Å²) in [7, 11) is 0. The van der Waals surface area contributed by atoms with E-state index in [2.05, 4.69) is 5.32 Å². The smallest absolute Gasteiger partial charge is 0.260 e. The van der Waals surface area contributed by atoms with Crippen LogP contribution in [0.5, 0.6) is 5.75 Å². The minimum Gasteiger partial charge on any atom is -0.484 e. The standard InChI is InChI=1S/C22H25FN2O3/c1-16(17-7-9-19(23)10-8-17)24-22(27)18-11-13-25(14-12-18)21(26)15-28-20-5-3-2-4-6-20/h2-10,16,18H,11-15H2,1H3,(H,24,27)/t16-/m1/s1. The number of rotatable bonds is 6. The number of likely N-dealkylation sites (tertiary alicyclic amines) is 1. The largest absolute Gasteiger partial charge is 0.484 e. The second kappa shape index (κ2) is 9.35. The van der Waals surface area contributed by atoms with Crippen molar-refractivity contribution in [3.63, 3.8) is 0 Å². The number of piperidine rings is 1. The van der Waals surface area contributed by atoms with E-state index in [4.69, 9.17) is 4.74 Å². The number of hydrogen-bond acceptors (Lipinski definition) is 3. The Balaban J connectivity index is 1.43. The van der Waals surface area contributed by atoms with Crippen LogP contribution in [0.3, 0.4) is 0 Å². The monoisotopic (exact) mass is 384 g/mol. The van der Waals surface area contributed by atoms with E-state index in [0.717, 1.165) is 5.56 Å². The van der Waals surface area contributed by atoms with Crippen molar-refractivity contribution in [2.24, 2.45) is 5.92 Å². The van der Waals surface area contributed by atoms with Crippen LogP contribution in [0.15, 0.2) is 54.6 Å². The first-order valence-electron chi connectivity index (χ1n) is 9.54. The number of hydrogen-bond donors (Lipinski definition) is 1. The molecule has 2 aromatic rings. The maximum absolute atomic E-state index is 13.0. The average Bonchev–Trinajstić information content (AvgIpc) is 2.73. The fraction of sp³-hybridized carbons (Fsp3) is 0.364. The zero-order valence-electron chi connectivity index (χ0n) is 15.9. The van der Waals surface area contributed by atoms with Crippen molar-refractivity contribution in [3.8, 4) is 5.75 Å². The minimum absolute atomic E-state index is 0.00246. The Morgan fingerprint density at radius 1 is 1.11 bits per heavy atom. The van der Waals surface area contributed by atoms with Crippen LogP contribution in [0.4, 0.5) is 4.39 Å². The van der Waals surface area contributed by atoms with Crippen molar-refractivity contribution in [2.75, 3.05) is 19.7 Å². The van der Waals surface area contributed by atoms with Crippen LogP contribution in [0, 0.1) is 11.7 Å². The van der Waals surface area contributed by atoms with E-state index in [0.29, 0.717) is 31.7 Å². The van der Waals surface area contributed by atoms with Gasteiger partial charge in [0.1, 0.15) is 11.6 Å². The van der Waals surface area contributed by atoms with Crippen LogP contribution in [-0.2, 0) is 9.59 Å². The molecule has 148 valence electrons. The number of benzene rings is 2. The lowest BCUT2D eigenvalue weighted by atomic mass is 9.95. The molecule has 0 saturated carbocycles. The minimum atomic E-state index is -0.296. The Hall–Kier alpha value is -2.89. The van der Waals surface area contributed by atoms with Gasteiger partial charge in [0.05, 0.1) is 6.04 Å². The van der Waals surface area contributed by atoms with E-state index in [9.17, 15) is 14.0 Å². The zero-order chi connectivity index (χ0) is 19.9. The molecule has 0 bridgehead atoms. The van der Waals surface area contributed by atoms with Gasteiger partial charge in [-0.25, -0.2) is 4.39 Å². The average molecular weight is 384 g/mol. The highest BCUT2D eigenvalue weighted by atomic mass is 19.1. The first-order chi connectivity index (χ1) is 13.5. The molecule has 6 heteroatoms. The first-order valence-corrected chi connectivity index (χ1v) is 9.54. The molecule has 2 aromatic carbocycles. The van der Waals surface area contributed by atoms with Crippen molar-refractivity contribution in [2.45, 2.75) is 25.8 Å². The summed E-state index contributed by atoms with van der Waals surface area (Å²) in [6.07, 6.45) is 1.25. The summed E-state index contributed by atoms with van der Waals surface area (Å²) >= 11 is 0. The fourth-order valence-corrected chi connectivity index (χ4v) is 3.31. The Morgan fingerprint density at radius 3 is 2.39 bits per heavy atom. The second-order valence-electron chi connectivity index (χ2n) is 7.04. The highest BCUT2D eigenvalue weighted by Gasteiger charge is 2.28. The molecule has 1 saturated heterocycles. The number of carbonyl (C=O) groups excluding carboxylic acids is 2. The molecule has 1 atom stereocenters. The van der Waals surface area contributed by atoms with E-state index >= 15 is 0 Å². The summed E-state index contributed by atoms with van der Waals surface area (Å²) < 4.78 is 18.5. The van der Waals surface area contributed by atoms with Gasteiger partial charge in [-0.15, -0.1) is 0 Å². The molecular weight excluding hydrogens is 359 g/mol. The third-order valence-electron chi connectivity index (χ3n) is 5.05. The van der Waals surface area contributed by atoms with E-state index < -0.39 is 0 Å². The Labute approximate surface area is 164 Å². The van der Waals surface area contributed by atoms with Crippen molar-refractivity contribution < 1.29 is 18.7 Å². The lowest BCUT2D eigenvalue weighted by Gasteiger charge is -2.32.